The summed E-state index contributed by atoms with van der Waals surface area (Å²) in [6, 6.07) is 10.6. The number of amides is 1. The van der Waals surface area contributed by atoms with Gasteiger partial charge in [0.1, 0.15) is 6.10 Å². The molecule has 1 amide bonds. The van der Waals surface area contributed by atoms with Gasteiger partial charge in [-0.25, -0.2) is 9.97 Å². The van der Waals surface area contributed by atoms with E-state index in [0.717, 1.165) is 51.1 Å². The molecule has 1 aromatic heterocycles. The molecule has 2 aliphatic heterocycles. The maximum atomic E-state index is 12.7. The predicted octanol–water partition coefficient (Wildman–Crippen LogP) is 2.75. The van der Waals surface area contributed by atoms with Gasteiger partial charge in [-0.1, -0.05) is 24.3 Å². The van der Waals surface area contributed by atoms with Crippen molar-refractivity contribution < 1.29 is 9.53 Å². The number of nitrogens with zero attached hydrogens (tertiary/aromatic N) is 3. The fourth-order valence-corrected chi connectivity index (χ4v) is 5.14. The monoisotopic (exact) mass is 378 g/mol. The second-order valence-corrected chi connectivity index (χ2v) is 8.17. The van der Waals surface area contributed by atoms with Crippen LogP contribution in [0, 0.1) is 0 Å². The predicted molar refractivity (Wildman–Crippen MR) is 106 cm³/mol. The number of ether oxygens (including phenoxy) is 1. The Labute approximate surface area is 165 Å². The number of piperidine rings is 1. The number of rotatable bonds is 3. The highest BCUT2D eigenvalue weighted by Gasteiger charge is 2.46. The molecule has 5 rings (SSSR count). The van der Waals surface area contributed by atoms with Crippen molar-refractivity contribution in [2.24, 2.45) is 0 Å². The fourth-order valence-electron chi connectivity index (χ4n) is 5.14. The molecule has 28 heavy (non-hydrogen) atoms. The van der Waals surface area contributed by atoms with Crippen LogP contribution in [0.2, 0.25) is 0 Å². The molecule has 1 aliphatic carbocycles. The number of carbonyl (C=O) groups excluding carboxylic acids is 1. The van der Waals surface area contributed by atoms with Crippen LogP contribution in [-0.2, 0) is 14.9 Å². The van der Waals surface area contributed by atoms with E-state index >= 15 is 0 Å². The summed E-state index contributed by atoms with van der Waals surface area (Å²) in [5.74, 6) is 0.858. The number of nitrogens with one attached hydrogen (secondary N) is 1. The van der Waals surface area contributed by atoms with Gasteiger partial charge in [-0.2, -0.15) is 0 Å². The Hall–Kier alpha value is -2.47. The van der Waals surface area contributed by atoms with Gasteiger partial charge in [-0.15, -0.1) is 0 Å². The van der Waals surface area contributed by atoms with E-state index in [1.54, 1.807) is 12.4 Å². The Morgan fingerprint density at radius 3 is 2.68 bits per heavy atom. The molecule has 0 bridgehead atoms. The number of aromatic nitrogens is 2. The molecule has 1 N–H and O–H groups in total. The largest absolute Gasteiger partial charge is 0.368 e. The average Bonchev–Trinajstić information content (AvgIpc) is 3.38. The summed E-state index contributed by atoms with van der Waals surface area (Å²) in [4.78, 5) is 23.7. The molecule has 3 heterocycles. The van der Waals surface area contributed by atoms with E-state index < -0.39 is 0 Å². The van der Waals surface area contributed by atoms with E-state index in [4.69, 9.17) is 4.74 Å². The molecule has 2 saturated heterocycles. The van der Waals surface area contributed by atoms with Gasteiger partial charge in [0.05, 0.1) is 6.04 Å². The van der Waals surface area contributed by atoms with Crippen molar-refractivity contribution in [3.8, 4) is 0 Å². The van der Waals surface area contributed by atoms with Crippen LogP contribution in [0.25, 0.3) is 0 Å². The second-order valence-electron chi connectivity index (χ2n) is 8.17. The minimum absolute atomic E-state index is 0.0458. The van der Waals surface area contributed by atoms with E-state index in [-0.39, 0.29) is 23.5 Å². The summed E-state index contributed by atoms with van der Waals surface area (Å²) in [5, 5.41) is 3.29. The molecule has 2 atom stereocenters. The molecule has 2 fully saturated rings. The van der Waals surface area contributed by atoms with Gasteiger partial charge in [0.15, 0.2) is 0 Å². The molecular weight excluding hydrogens is 352 g/mol. The molecule has 6 heteroatoms. The standard InChI is InChI=1S/C22H26N4O2/c27-20(19-7-3-14-28-19)25-18-15-22(17-6-2-1-5-16(17)18)8-12-26(13-9-22)21-23-10-4-11-24-21/h1-2,4-6,10-11,18-19H,3,7-9,12-15H2,(H,25,27)/t18-,19-/m1/s1. The topological polar surface area (TPSA) is 67.4 Å². The van der Waals surface area contributed by atoms with Gasteiger partial charge in [-0.3, -0.25) is 4.79 Å². The number of benzene rings is 1. The number of hydrogen-bond donors (Lipinski definition) is 1. The van der Waals surface area contributed by atoms with Crippen LogP contribution in [0.5, 0.6) is 0 Å². The molecule has 0 unspecified atom stereocenters. The zero-order valence-corrected chi connectivity index (χ0v) is 16.0. The van der Waals surface area contributed by atoms with Crippen molar-refractivity contribution in [2.45, 2.75) is 49.7 Å². The molecule has 3 aliphatic rings. The zero-order chi connectivity index (χ0) is 19.0. The fraction of sp³-hybridized carbons (Fsp3) is 0.500. The van der Waals surface area contributed by atoms with Crippen LogP contribution < -0.4 is 10.2 Å². The molecule has 1 aromatic carbocycles. The van der Waals surface area contributed by atoms with Crippen molar-refractivity contribution in [1.82, 2.24) is 15.3 Å². The summed E-state index contributed by atoms with van der Waals surface area (Å²) in [7, 11) is 0. The lowest BCUT2D eigenvalue weighted by Gasteiger charge is -2.40. The molecule has 146 valence electrons. The smallest absolute Gasteiger partial charge is 0.249 e. The third kappa shape index (κ3) is 3.05. The van der Waals surface area contributed by atoms with Crippen LogP contribution in [0.3, 0.4) is 0 Å². The number of fused-ring (bicyclic) bond motifs is 2. The Morgan fingerprint density at radius 1 is 1.14 bits per heavy atom. The van der Waals surface area contributed by atoms with Gasteiger partial charge in [0.2, 0.25) is 11.9 Å². The normalized spacial score (nSPS) is 25.6. The lowest BCUT2D eigenvalue weighted by molar-refractivity contribution is -0.130. The number of carbonyl (C=O) groups is 1. The van der Waals surface area contributed by atoms with Crippen LogP contribution in [0.4, 0.5) is 5.95 Å². The first-order valence-corrected chi connectivity index (χ1v) is 10.3. The van der Waals surface area contributed by atoms with Crippen molar-refractivity contribution in [3.05, 3.63) is 53.9 Å². The summed E-state index contributed by atoms with van der Waals surface area (Å²) in [6.07, 6.45) is 8.19. The highest BCUT2D eigenvalue weighted by atomic mass is 16.5. The average molecular weight is 378 g/mol. The van der Waals surface area contributed by atoms with E-state index in [0.29, 0.717) is 6.61 Å². The first-order valence-electron chi connectivity index (χ1n) is 10.3. The van der Waals surface area contributed by atoms with E-state index in [1.807, 2.05) is 6.07 Å². The summed E-state index contributed by atoms with van der Waals surface area (Å²) >= 11 is 0. The van der Waals surface area contributed by atoms with Gasteiger partial charge in [-0.05, 0) is 49.3 Å². The lowest BCUT2D eigenvalue weighted by Crippen LogP contribution is -2.43. The van der Waals surface area contributed by atoms with Crippen LogP contribution in [-0.4, -0.2) is 41.7 Å². The van der Waals surface area contributed by atoms with E-state index in [2.05, 4.69) is 44.5 Å². The third-order valence-electron chi connectivity index (χ3n) is 6.60. The molecular formula is C22H26N4O2. The first-order chi connectivity index (χ1) is 13.8. The van der Waals surface area contributed by atoms with Crippen molar-refractivity contribution in [2.75, 3.05) is 24.6 Å². The minimum atomic E-state index is -0.277. The zero-order valence-electron chi connectivity index (χ0n) is 16.0. The molecule has 1 spiro atoms. The second kappa shape index (κ2) is 7.17. The van der Waals surface area contributed by atoms with E-state index in [1.165, 1.54) is 11.1 Å². The van der Waals surface area contributed by atoms with Gasteiger partial charge >= 0.3 is 0 Å². The Balaban J connectivity index is 1.34. The number of anilines is 1. The Kier molecular flexibility index (Phi) is 4.51. The van der Waals surface area contributed by atoms with Gasteiger partial charge in [0.25, 0.3) is 0 Å². The summed E-state index contributed by atoms with van der Waals surface area (Å²) in [5.41, 5.74) is 2.80. The van der Waals surface area contributed by atoms with Crippen LogP contribution in [0.15, 0.2) is 42.7 Å². The van der Waals surface area contributed by atoms with Crippen LogP contribution in [0.1, 0.15) is 49.3 Å². The highest BCUT2D eigenvalue weighted by Crippen LogP contribution is 2.50. The maximum absolute atomic E-state index is 12.7. The molecule has 2 aromatic rings. The highest BCUT2D eigenvalue weighted by molar-refractivity contribution is 5.81. The molecule has 6 nitrogen and oxygen atoms in total. The van der Waals surface area contributed by atoms with E-state index in [9.17, 15) is 4.79 Å². The third-order valence-corrected chi connectivity index (χ3v) is 6.60. The summed E-state index contributed by atoms with van der Waals surface area (Å²) in [6.45, 7) is 2.57. The molecule has 0 saturated carbocycles. The molecule has 0 radical (unpaired) electrons. The first kappa shape index (κ1) is 17.6. The number of hydrogen-bond acceptors (Lipinski definition) is 5. The Bertz CT molecular complexity index is 843. The quantitative estimate of drug-likeness (QED) is 0.890. The lowest BCUT2D eigenvalue weighted by atomic mass is 9.73. The minimum Gasteiger partial charge on any atom is -0.368 e. The maximum Gasteiger partial charge on any atom is 0.249 e. The van der Waals surface area contributed by atoms with Crippen molar-refractivity contribution in [3.63, 3.8) is 0 Å². The summed E-state index contributed by atoms with van der Waals surface area (Å²) < 4.78 is 5.58. The Morgan fingerprint density at radius 2 is 1.93 bits per heavy atom. The van der Waals surface area contributed by atoms with Gasteiger partial charge < -0.3 is 15.0 Å². The van der Waals surface area contributed by atoms with Gasteiger partial charge in [0, 0.05) is 37.5 Å². The SMILES string of the molecule is O=C(N[C@@H]1CC2(CCN(c3ncccn3)CC2)c2ccccc21)[C@H]1CCCO1. The van der Waals surface area contributed by atoms with Crippen molar-refractivity contribution >= 4 is 11.9 Å². The van der Waals surface area contributed by atoms with Crippen molar-refractivity contribution in [1.29, 1.82) is 0 Å². The van der Waals surface area contributed by atoms with Crippen LogP contribution >= 0.6 is 0 Å².